The van der Waals surface area contributed by atoms with Crippen LogP contribution in [-0.2, 0) is 0 Å². The number of aromatic nitrogens is 4. The third-order valence-electron chi connectivity index (χ3n) is 4.88. The number of imidazole rings is 1. The average molecular weight is 436 g/mol. The standard InChI is InChI=1S/C21H20N6O5/c1-26(2)17-9-15-14(23-20(30)24-15)8-16(17)22-10-13-18(28)25-21(31)27(19(13)29)11-4-6-12(32-3)7-5-11/h4-10,29H,1-3H3,(H2,23,24,30)(H,25,28,31). The van der Waals surface area contributed by atoms with E-state index in [1.54, 1.807) is 55.4 Å². The Hall–Kier alpha value is -4.54. The molecule has 4 N–H and O–H groups in total. The first-order valence-electron chi connectivity index (χ1n) is 9.48. The van der Waals surface area contributed by atoms with Crippen LogP contribution in [0.1, 0.15) is 5.56 Å². The smallest absolute Gasteiger partial charge is 0.335 e. The maximum atomic E-state index is 12.4. The fraction of sp³-hybridized carbons (Fsp3) is 0.143. The van der Waals surface area contributed by atoms with Crippen LogP contribution < -0.4 is 26.6 Å². The number of methoxy groups -OCH3 is 1. The summed E-state index contributed by atoms with van der Waals surface area (Å²) in [6, 6.07) is 9.76. The Balaban J connectivity index is 1.84. The van der Waals surface area contributed by atoms with Gasteiger partial charge in [0.2, 0.25) is 5.88 Å². The number of fused-ring (bicyclic) bond motifs is 1. The molecule has 0 saturated heterocycles. The van der Waals surface area contributed by atoms with E-state index in [4.69, 9.17) is 4.74 Å². The van der Waals surface area contributed by atoms with Crippen molar-refractivity contribution in [1.82, 2.24) is 19.5 Å². The topological polar surface area (TPSA) is 149 Å². The fourth-order valence-electron chi connectivity index (χ4n) is 3.28. The first-order valence-corrected chi connectivity index (χ1v) is 9.48. The number of ether oxygens (including phenoxy) is 1. The van der Waals surface area contributed by atoms with E-state index in [0.29, 0.717) is 33.8 Å². The number of aromatic amines is 3. The quantitative estimate of drug-likeness (QED) is 0.346. The van der Waals surface area contributed by atoms with E-state index in [1.807, 2.05) is 0 Å². The molecule has 0 spiro atoms. The third kappa shape index (κ3) is 3.67. The van der Waals surface area contributed by atoms with Gasteiger partial charge in [-0.1, -0.05) is 0 Å². The fourth-order valence-corrected chi connectivity index (χ4v) is 3.28. The average Bonchev–Trinajstić information content (AvgIpc) is 3.12. The number of aliphatic imine (C=N–C) groups is 1. The molecule has 0 amide bonds. The normalized spacial score (nSPS) is 11.3. The van der Waals surface area contributed by atoms with E-state index in [-0.39, 0.29) is 11.3 Å². The molecule has 2 heterocycles. The number of benzene rings is 2. The van der Waals surface area contributed by atoms with E-state index in [2.05, 4.69) is 19.9 Å². The monoisotopic (exact) mass is 436 g/mol. The summed E-state index contributed by atoms with van der Waals surface area (Å²) in [5.74, 6) is 0.0112. The van der Waals surface area contributed by atoms with Crippen molar-refractivity contribution in [3.05, 3.63) is 73.3 Å². The lowest BCUT2D eigenvalue weighted by atomic mass is 10.2. The largest absolute Gasteiger partial charge is 0.497 e. The van der Waals surface area contributed by atoms with Gasteiger partial charge in [0, 0.05) is 20.3 Å². The molecule has 0 saturated carbocycles. The van der Waals surface area contributed by atoms with Crippen molar-refractivity contribution in [2.75, 3.05) is 26.1 Å². The molecule has 4 aromatic rings. The van der Waals surface area contributed by atoms with Crippen LogP contribution in [0.2, 0.25) is 0 Å². The molecule has 0 aliphatic carbocycles. The van der Waals surface area contributed by atoms with Crippen LogP contribution in [0.25, 0.3) is 16.7 Å². The van der Waals surface area contributed by atoms with Gasteiger partial charge in [0.15, 0.2) is 0 Å². The number of anilines is 1. The lowest BCUT2D eigenvalue weighted by Gasteiger charge is -2.15. The number of rotatable bonds is 5. The van der Waals surface area contributed by atoms with E-state index < -0.39 is 17.1 Å². The van der Waals surface area contributed by atoms with Gasteiger partial charge in [-0.15, -0.1) is 0 Å². The van der Waals surface area contributed by atoms with E-state index in [9.17, 15) is 19.5 Å². The first-order chi connectivity index (χ1) is 15.3. The number of H-pyrrole nitrogens is 3. The van der Waals surface area contributed by atoms with E-state index in [0.717, 1.165) is 4.57 Å². The second kappa shape index (κ2) is 7.95. The van der Waals surface area contributed by atoms with Crippen molar-refractivity contribution in [3.8, 4) is 17.3 Å². The second-order valence-corrected chi connectivity index (χ2v) is 7.15. The van der Waals surface area contributed by atoms with Crippen LogP contribution >= 0.6 is 0 Å². The van der Waals surface area contributed by atoms with E-state index in [1.165, 1.54) is 13.3 Å². The van der Waals surface area contributed by atoms with Gasteiger partial charge in [0.25, 0.3) is 5.56 Å². The maximum absolute atomic E-state index is 12.4. The molecular weight excluding hydrogens is 416 g/mol. The van der Waals surface area contributed by atoms with Gasteiger partial charge in [0.05, 0.1) is 35.2 Å². The molecule has 0 bridgehead atoms. The molecule has 11 heteroatoms. The van der Waals surface area contributed by atoms with Crippen molar-refractivity contribution >= 4 is 28.6 Å². The zero-order valence-electron chi connectivity index (χ0n) is 17.5. The van der Waals surface area contributed by atoms with Crippen LogP contribution in [0, 0.1) is 0 Å². The third-order valence-corrected chi connectivity index (χ3v) is 4.88. The van der Waals surface area contributed by atoms with Crippen molar-refractivity contribution in [2.24, 2.45) is 4.99 Å². The van der Waals surface area contributed by atoms with Gasteiger partial charge in [-0.2, -0.15) is 0 Å². The first kappa shape index (κ1) is 20.7. The Morgan fingerprint density at radius 1 is 1.03 bits per heavy atom. The van der Waals surface area contributed by atoms with Gasteiger partial charge in [0.1, 0.15) is 11.3 Å². The lowest BCUT2D eigenvalue weighted by molar-refractivity contribution is 0.414. The predicted molar refractivity (Wildman–Crippen MR) is 121 cm³/mol. The van der Waals surface area contributed by atoms with Gasteiger partial charge < -0.3 is 24.7 Å². The van der Waals surface area contributed by atoms with Gasteiger partial charge >= 0.3 is 11.4 Å². The minimum absolute atomic E-state index is 0.201. The number of hydrogen-bond acceptors (Lipinski definition) is 7. The molecule has 2 aromatic heterocycles. The summed E-state index contributed by atoms with van der Waals surface area (Å²) in [7, 11) is 5.12. The Morgan fingerprint density at radius 2 is 1.69 bits per heavy atom. The summed E-state index contributed by atoms with van der Waals surface area (Å²) in [5, 5.41) is 10.7. The van der Waals surface area contributed by atoms with Crippen LogP contribution in [0.15, 0.2) is 55.8 Å². The molecule has 4 rings (SSSR count). The highest BCUT2D eigenvalue weighted by Gasteiger charge is 2.15. The molecule has 0 unspecified atom stereocenters. The van der Waals surface area contributed by atoms with Crippen molar-refractivity contribution in [1.29, 1.82) is 0 Å². The number of nitrogens with one attached hydrogen (secondary N) is 3. The summed E-state index contributed by atoms with van der Waals surface area (Å²) in [6.07, 6.45) is 1.17. The Morgan fingerprint density at radius 3 is 2.31 bits per heavy atom. The molecule has 0 radical (unpaired) electrons. The van der Waals surface area contributed by atoms with Crippen molar-refractivity contribution in [2.45, 2.75) is 0 Å². The summed E-state index contributed by atoms with van der Waals surface area (Å²) >= 11 is 0. The molecule has 2 aromatic carbocycles. The minimum Gasteiger partial charge on any atom is -0.497 e. The van der Waals surface area contributed by atoms with Gasteiger partial charge in [-0.25, -0.2) is 14.2 Å². The molecule has 164 valence electrons. The number of aromatic hydroxyl groups is 1. The Labute approximate surface area is 180 Å². The Kier molecular flexibility index (Phi) is 5.15. The van der Waals surface area contributed by atoms with Crippen molar-refractivity contribution < 1.29 is 9.84 Å². The predicted octanol–water partition coefficient (Wildman–Crippen LogP) is 1.23. The molecule has 11 nitrogen and oxygen atoms in total. The Bertz CT molecular complexity index is 1510. The summed E-state index contributed by atoms with van der Waals surface area (Å²) < 4.78 is 6.06. The summed E-state index contributed by atoms with van der Waals surface area (Å²) in [5.41, 5.74) is 0.444. The highest BCUT2D eigenvalue weighted by atomic mass is 16.5. The zero-order chi connectivity index (χ0) is 23.0. The summed E-state index contributed by atoms with van der Waals surface area (Å²) in [6.45, 7) is 0. The van der Waals surface area contributed by atoms with Crippen LogP contribution in [0.4, 0.5) is 11.4 Å². The van der Waals surface area contributed by atoms with Crippen LogP contribution in [-0.4, -0.2) is 52.0 Å². The summed E-state index contributed by atoms with van der Waals surface area (Å²) in [4.78, 5) is 50.0. The van der Waals surface area contributed by atoms with Gasteiger partial charge in [-0.05, 0) is 36.4 Å². The van der Waals surface area contributed by atoms with Crippen LogP contribution in [0.5, 0.6) is 11.6 Å². The molecule has 0 aliphatic rings. The molecular formula is C21H20N6O5. The lowest BCUT2D eigenvalue weighted by Crippen LogP contribution is -2.31. The molecule has 32 heavy (non-hydrogen) atoms. The van der Waals surface area contributed by atoms with Gasteiger partial charge in [-0.3, -0.25) is 14.8 Å². The molecule has 0 fully saturated rings. The SMILES string of the molecule is COc1ccc(-n2c(O)c(C=Nc3cc4[nH]c(=O)[nH]c4cc3N(C)C)c(=O)[nH]c2=O)cc1. The maximum Gasteiger partial charge on any atom is 0.335 e. The molecule has 0 aliphatic heterocycles. The zero-order valence-corrected chi connectivity index (χ0v) is 17.5. The highest BCUT2D eigenvalue weighted by Crippen LogP contribution is 2.31. The second-order valence-electron chi connectivity index (χ2n) is 7.15. The highest BCUT2D eigenvalue weighted by molar-refractivity contribution is 5.91. The molecule has 0 atom stereocenters. The number of hydrogen-bond donors (Lipinski definition) is 4. The van der Waals surface area contributed by atoms with E-state index >= 15 is 0 Å². The van der Waals surface area contributed by atoms with Crippen LogP contribution in [0.3, 0.4) is 0 Å². The minimum atomic E-state index is -0.796. The van der Waals surface area contributed by atoms with Crippen molar-refractivity contribution in [3.63, 3.8) is 0 Å². The number of nitrogens with zero attached hydrogens (tertiary/aromatic N) is 3.